The van der Waals surface area contributed by atoms with Gasteiger partial charge in [-0.15, -0.1) is 0 Å². The highest BCUT2D eigenvalue weighted by Crippen LogP contribution is 2.21. The van der Waals surface area contributed by atoms with Crippen LogP contribution in [0.15, 0.2) is 49.2 Å². The molecule has 3 aromatic heterocycles. The third kappa shape index (κ3) is 6.00. The Balaban J connectivity index is 1.04. The molecule has 5 heterocycles. The Morgan fingerprint density at radius 2 is 1.77 bits per heavy atom. The van der Waals surface area contributed by atoms with Gasteiger partial charge in [0.25, 0.3) is 0 Å². The van der Waals surface area contributed by atoms with Gasteiger partial charge in [-0.25, -0.2) is 24.3 Å². The molecule has 40 heavy (non-hydrogen) atoms. The number of halogens is 1. The second-order valence-electron chi connectivity index (χ2n) is 9.89. The van der Waals surface area contributed by atoms with Crippen molar-refractivity contribution in [2.75, 3.05) is 61.0 Å². The predicted molar refractivity (Wildman–Crippen MR) is 148 cm³/mol. The van der Waals surface area contributed by atoms with Gasteiger partial charge in [0.2, 0.25) is 17.8 Å². The minimum atomic E-state index is -0.216. The highest BCUT2D eigenvalue weighted by atomic mass is 19.1. The van der Waals surface area contributed by atoms with Gasteiger partial charge in [-0.2, -0.15) is 10.1 Å². The average Bonchev–Trinajstić information content (AvgIpc) is 3.33. The Morgan fingerprint density at radius 3 is 2.52 bits per heavy atom. The Kier molecular flexibility index (Phi) is 7.73. The zero-order valence-electron chi connectivity index (χ0n) is 22.4. The predicted octanol–water partition coefficient (Wildman–Crippen LogP) is 1.96. The van der Waals surface area contributed by atoms with Gasteiger partial charge in [0, 0.05) is 58.1 Å². The third-order valence-electron chi connectivity index (χ3n) is 7.18. The summed E-state index contributed by atoms with van der Waals surface area (Å²) in [7, 11) is 0. The number of ether oxygens (including phenoxy) is 1. The smallest absolute Gasteiger partial charge is 0.232 e. The van der Waals surface area contributed by atoms with Crippen LogP contribution < -0.4 is 20.4 Å². The lowest BCUT2D eigenvalue weighted by atomic mass is 10.1. The summed E-state index contributed by atoms with van der Waals surface area (Å²) in [5.74, 6) is 1.54. The summed E-state index contributed by atoms with van der Waals surface area (Å²) in [5, 5.41) is 11.2. The first-order valence-electron chi connectivity index (χ1n) is 13.5. The number of rotatable bonds is 8. The van der Waals surface area contributed by atoms with Crippen LogP contribution in [0.1, 0.15) is 16.8 Å². The van der Waals surface area contributed by atoms with Crippen LogP contribution in [-0.4, -0.2) is 86.7 Å². The number of anilines is 4. The first-order valence-corrected chi connectivity index (χ1v) is 13.5. The molecule has 2 aliphatic heterocycles. The van der Waals surface area contributed by atoms with Crippen molar-refractivity contribution in [1.82, 2.24) is 40.0 Å². The SMILES string of the molecule is Cc1c(Nc2ncnc(N3CCN(c4ncc(Cc5ccccc5F)cn4)CC3)n2)cnn1CC1CNCCO1. The number of benzene rings is 1. The van der Waals surface area contributed by atoms with E-state index in [1.807, 2.05) is 17.7 Å². The van der Waals surface area contributed by atoms with Crippen molar-refractivity contribution in [2.45, 2.75) is 26.0 Å². The molecule has 0 aliphatic carbocycles. The van der Waals surface area contributed by atoms with E-state index in [9.17, 15) is 4.39 Å². The van der Waals surface area contributed by atoms with Crippen LogP contribution in [0.2, 0.25) is 0 Å². The lowest BCUT2D eigenvalue weighted by Crippen LogP contribution is -2.47. The summed E-state index contributed by atoms with van der Waals surface area (Å²) in [6, 6.07) is 6.77. The number of hydrogen-bond donors (Lipinski definition) is 2. The molecule has 0 radical (unpaired) electrons. The highest BCUT2D eigenvalue weighted by Gasteiger charge is 2.22. The first-order chi connectivity index (χ1) is 19.6. The fourth-order valence-electron chi connectivity index (χ4n) is 4.87. The van der Waals surface area contributed by atoms with Gasteiger partial charge >= 0.3 is 0 Å². The quantitative estimate of drug-likeness (QED) is 0.338. The molecule has 6 rings (SSSR count). The van der Waals surface area contributed by atoms with Crippen LogP contribution in [0.5, 0.6) is 0 Å². The summed E-state index contributed by atoms with van der Waals surface area (Å²) in [5.41, 5.74) is 3.35. The van der Waals surface area contributed by atoms with E-state index < -0.39 is 0 Å². The molecule has 0 spiro atoms. The van der Waals surface area contributed by atoms with Crippen LogP contribution in [0.3, 0.4) is 0 Å². The van der Waals surface area contributed by atoms with Gasteiger partial charge in [-0.05, 0) is 24.1 Å². The summed E-state index contributed by atoms with van der Waals surface area (Å²) >= 11 is 0. The second-order valence-corrected chi connectivity index (χ2v) is 9.89. The Morgan fingerprint density at radius 1 is 1.00 bits per heavy atom. The molecule has 2 aliphatic rings. The number of nitrogens with one attached hydrogen (secondary N) is 2. The molecule has 0 saturated carbocycles. The van der Waals surface area contributed by atoms with Gasteiger partial charge in [-0.1, -0.05) is 18.2 Å². The Labute approximate surface area is 231 Å². The maximum Gasteiger partial charge on any atom is 0.232 e. The molecular weight excluding hydrogens is 513 g/mol. The van der Waals surface area contributed by atoms with Crippen LogP contribution in [0.25, 0.3) is 0 Å². The molecular formula is C27H32FN11O. The van der Waals surface area contributed by atoms with Crippen molar-refractivity contribution in [3.05, 3.63) is 71.8 Å². The van der Waals surface area contributed by atoms with Crippen molar-refractivity contribution in [3.63, 3.8) is 0 Å². The molecule has 13 heteroatoms. The average molecular weight is 546 g/mol. The number of hydrogen-bond acceptors (Lipinski definition) is 11. The molecule has 1 aromatic carbocycles. The van der Waals surface area contributed by atoms with Crippen LogP contribution in [0, 0.1) is 12.7 Å². The Hall–Kier alpha value is -4.23. The lowest BCUT2D eigenvalue weighted by Gasteiger charge is -2.34. The van der Waals surface area contributed by atoms with E-state index in [0.717, 1.165) is 56.2 Å². The van der Waals surface area contributed by atoms with Crippen molar-refractivity contribution in [1.29, 1.82) is 0 Å². The lowest BCUT2D eigenvalue weighted by molar-refractivity contribution is 0.0158. The zero-order valence-corrected chi connectivity index (χ0v) is 22.4. The third-order valence-corrected chi connectivity index (χ3v) is 7.18. The summed E-state index contributed by atoms with van der Waals surface area (Å²) in [4.78, 5) is 26.7. The van der Waals surface area contributed by atoms with Gasteiger partial charge in [0.1, 0.15) is 12.1 Å². The number of aromatic nitrogens is 7. The van der Waals surface area contributed by atoms with E-state index in [1.165, 1.54) is 12.4 Å². The summed E-state index contributed by atoms with van der Waals surface area (Å²) in [6.45, 7) is 8.01. The largest absolute Gasteiger partial charge is 0.374 e. The molecule has 4 aromatic rings. The first kappa shape index (κ1) is 26.0. The maximum absolute atomic E-state index is 14.0. The fraction of sp³-hybridized carbons (Fsp3) is 0.407. The minimum absolute atomic E-state index is 0.102. The normalized spacial score (nSPS) is 17.7. The number of morpholine rings is 1. The maximum atomic E-state index is 14.0. The molecule has 12 nitrogen and oxygen atoms in total. The molecule has 1 atom stereocenters. The van der Waals surface area contributed by atoms with Gasteiger partial charge < -0.3 is 25.2 Å². The molecule has 1 unspecified atom stereocenters. The number of nitrogens with zero attached hydrogens (tertiary/aromatic N) is 9. The van der Waals surface area contributed by atoms with Crippen LogP contribution in [-0.2, 0) is 17.7 Å². The topological polar surface area (TPSA) is 122 Å². The van der Waals surface area contributed by atoms with Crippen molar-refractivity contribution >= 4 is 23.5 Å². The van der Waals surface area contributed by atoms with Crippen molar-refractivity contribution < 1.29 is 9.13 Å². The van der Waals surface area contributed by atoms with Gasteiger partial charge in [0.15, 0.2) is 0 Å². The van der Waals surface area contributed by atoms with Gasteiger partial charge in [-0.3, -0.25) is 4.68 Å². The van der Waals surface area contributed by atoms with Gasteiger partial charge in [0.05, 0.1) is 36.8 Å². The standard InChI is InChI=1S/C27H32FN11O/c1-19-24(16-34-39(19)17-22-15-29-6-11-40-22)35-25-32-18-33-27(36-25)38-9-7-37(8-10-38)26-30-13-20(14-31-26)12-21-4-2-3-5-23(21)28/h2-5,13-14,16,18,22,29H,6-12,15,17H2,1H3,(H,32,33,35,36). The molecule has 208 valence electrons. The highest BCUT2D eigenvalue weighted by molar-refractivity contribution is 5.56. The van der Waals surface area contributed by atoms with E-state index in [4.69, 9.17) is 4.74 Å². The molecule has 2 fully saturated rings. The summed E-state index contributed by atoms with van der Waals surface area (Å²) < 4.78 is 21.7. The number of piperazine rings is 1. The van der Waals surface area contributed by atoms with Crippen LogP contribution >= 0.6 is 0 Å². The zero-order chi connectivity index (χ0) is 27.3. The summed E-state index contributed by atoms with van der Waals surface area (Å²) in [6.07, 6.45) is 7.42. The molecule has 0 amide bonds. The molecule has 2 saturated heterocycles. The van der Waals surface area contributed by atoms with E-state index >= 15 is 0 Å². The van der Waals surface area contributed by atoms with Crippen molar-refractivity contribution in [2.24, 2.45) is 0 Å². The molecule has 2 N–H and O–H groups in total. The van der Waals surface area contributed by atoms with E-state index in [0.29, 0.717) is 43.0 Å². The van der Waals surface area contributed by atoms with Crippen molar-refractivity contribution in [3.8, 4) is 0 Å². The van der Waals surface area contributed by atoms with Crippen LogP contribution in [0.4, 0.5) is 27.9 Å². The molecule has 0 bridgehead atoms. The van der Waals surface area contributed by atoms with E-state index in [-0.39, 0.29) is 11.9 Å². The van der Waals surface area contributed by atoms with E-state index in [2.05, 4.69) is 50.5 Å². The monoisotopic (exact) mass is 545 g/mol. The minimum Gasteiger partial charge on any atom is -0.374 e. The Bertz CT molecular complexity index is 1420. The van der Waals surface area contributed by atoms with E-state index in [1.54, 1.807) is 30.7 Å². The second kappa shape index (κ2) is 11.9. The fourth-order valence-corrected chi connectivity index (χ4v) is 4.87.